The van der Waals surface area contributed by atoms with E-state index >= 15 is 0 Å². The molecule has 1 aromatic rings. The first kappa shape index (κ1) is 14.1. The van der Waals surface area contributed by atoms with Crippen LogP contribution in [0.5, 0.6) is 0 Å². The summed E-state index contributed by atoms with van der Waals surface area (Å²) in [6.07, 6.45) is 5.83. The molecule has 1 atom stereocenters. The Morgan fingerprint density at radius 1 is 1.37 bits per heavy atom. The Kier molecular flexibility index (Phi) is 3.96. The van der Waals surface area contributed by atoms with E-state index in [9.17, 15) is 18.3 Å². The lowest BCUT2D eigenvalue weighted by molar-refractivity contribution is -0.141. The number of rotatable bonds is 3. The van der Waals surface area contributed by atoms with Crippen molar-refractivity contribution in [1.82, 2.24) is 8.87 Å². The molecule has 0 spiro atoms. The Morgan fingerprint density at radius 2 is 2.11 bits per heavy atom. The largest absolute Gasteiger partial charge is 0.480 e. The molecule has 1 saturated heterocycles. The Morgan fingerprint density at radius 3 is 2.68 bits per heavy atom. The molecule has 2 heterocycles. The van der Waals surface area contributed by atoms with E-state index in [1.165, 1.54) is 12.3 Å². The second-order valence-electron chi connectivity index (χ2n) is 4.83. The van der Waals surface area contributed by atoms with Gasteiger partial charge in [0, 0.05) is 26.0 Å². The van der Waals surface area contributed by atoms with E-state index in [2.05, 4.69) is 0 Å². The van der Waals surface area contributed by atoms with Gasteiger partial charge in [0.05, 0.1) is 4.90 Å². The molecule has 6 nitrogen and oxygen atoms in total. The van der Waals surface area contributed by atoms with Crippen LogP contribution < -0.4 is 0 Å². The van der Waals surface area contributed by atoms with E-state index < -0.39 is 22.0 Å². The summed E-state index contributed by atoms with van der Waals surface area (Å²) in [6, 6.07) is 0.548. The van der Waals surface area contributed by atoms with Crippen molar-refractivity contribution in [3.05, 3.63) is 18.5 Å². The van der Waals surface area contributed by atoms with Gasteiger partial charge in [-0.05, 0) is 18.9 Å². The van der Waals surface area contributed by atoms with Gasteiger partial charge < -0.3 is 9.67 Å². The lowest BCUT2D eigenvalue weighted by Gasteiger charge is -2.25. The number of carboxylic acids is 1. The molecule has 0 aromatic carbocycles. The fourth-order valence-corrected chi connectivity index (χ4v) is 4.09. The Labute approximate surface area is 112 Å². The third-order valence-corrected chi connectivity index (χ3v) is 5.29. The van der Waals surface area contributed by atoms with Gasteiger partial charge in [-0.2, -0.15) is 4.31 Å². The van der Waals surface area contributed by atoms with E-state index in [4.69, 9.17) is 0 Å². The number of aryl methyl sites for hydroxylation is 1. The minimum absolute atomic E-state index is 0.156. The van der Waals surface area contributed by atoms with Crippen molar-refractivity contribution in [3.63, 3.8) is 0 Å². The molecule has 1 fully saturated rings. The third kappa shape index (κ3) is 2.82. The Balaban J connectivity index is 2.38. The van der Waals surface area contributed by atoms with E-state index in [0.717, 1.165) is 17.1 Å². The topological polar surface area (TPSA) is 79.6 Å². The highest BCUT2D eigenvalue weighted by molar-refractivity contribution is 7.89. The van der Waals surface area contributed by atoms with Gasteiger partial charge in [0.25, 0.3) is 0 Å². The second-order valence-corrected chi connectivity index (χ2v) is 6.72. The van der Waals surface area contributed by atoms with Crippen molar-refractivity contribution in [2.24, 2.45) is 7.05 Å². The van der Waals surface area contributed by atoms with Crippen LogP contribution in [0.15, 0.2) is 23.4 Å². The van der Waals surface area contributed by atoms with Gasteiger partial charge in [-0.1, -0.05) is 12.8 Å². The number of nitrogens with zero attached hydrogens (tertiary/aromatic N) is 2. The fraction of sp³-hybridized carbons (Fsp3) is 0.583. The van der Waals surface area contributed by atoms with E-state index in [-0.39, 0.29) is 11.4 Å². The minimum Gasteiger partial charge on any atom is -0.480 e. The molecule has 1 aromatic heterocycles. The minimum atomic E-state index is -3.73. The van der Waals surface area contributed by atoms with Gasteiger partial charge >= 0.3 is 5.97 Å². The molecule has 0 radical (unpaired) electrons. The Bertz CT molecular complexity index is 564. The van der Waals surface area contributed by atoms with Crippen LogP contribution >= 0.6 is 0 Å². The van der Waals surface area contributed by atoms with Gasteiger partial charge in [-0.25, -0.2) is 8.42 Å². The van der Waals surface area contributed by atoms with Crippen LogP contribution in [0.1, 0.15) is 25.7 Å². The van der Waals surface area contributed by atoms with Gasteiger partial charge in [-0.15, -0.1) is 0 Å². The van der Waals surface area contributed by atoms with Crippen LogP contribution in [0, 0.1) is 0 Å². The molecule has 0 amide bonds. The van der Waals surface area contributed by atoms with Crippen molar-refractivity contribution < 1.29 is 18.3 Å². The maximum atomic E-state index is 12.5. The van der Waals surface area contributed by atoms with E-state index in [1.807, 2.05) is 0 Å². The zero-order valence-electron chi connectivity index (χ0n) is 10.8. The van der Waals surface area contributed by atoms with Crippen LogP contribution in [-0.2, 0) is 21.9 Å². The van der Waals surface area contributed by atoms with Gasteiger partial charge in [0.1, 0.15) is 6.04 Å². The fourth-order valence-electron chi connectivity index (χ4n) is 2.38. The Hall–Kier alpha value is -1.34. The maximum Gasteiger partial charge on any atom is 0.322 e. The zero-order chi connectivity index (χ0) is 14.0. The first-order valence-electron chi connectivity index (χ1n) is 6.29. The summed E-state index contributed by atoms with van der Waals surface area (Å²) in [5.74, 6) is -1.07. The highest BCUT2D eigenvalue weighted by Gasteiger charge is 2.36. The maximum absolute atomic E-state index is 12.5. The first-order valence-corrected chi connectivity index (χ1v) is 7.73. The summed E-state index contributed by atoms with van der Waals surface area (Å²) in [6.45, 7) is 0.272. The molecule has 1 unspecified atom stereocenters. The molecule has 1 N–H and O–H groups in total. The summed E-state index contributed by atoms with van der Waals surface area (Å²) in [4.78, 5) is 11.4. The number of sulfonamides is 1. The molecule has 0 saturated carbocycles. The van der Waals surface area contributed by atoms with Crippen LogP contribution in [0.4, 0.5) is 0 Å². The standard InChI is InChI=1S/C12H18N2O4S/c1-13-8-6-10(9-13)19(17,18)14-7-4-2-3-5-11(14)12(15)16/h6,8-9,11H,2-5,7H2,1H3,(H,15,16). The number of hydrogen-bond donors (Lipinski definition) is 1. The normalized spacial score (nSPS) is 22.1. The molecule has 106 valence electrons. The smallest absolute Gasteiger partial charge is 0.322 e. The number of carbonyl (C=O) groups is 1. The molecular formula is C12H18N2O4S. The predicted molar refractivity (Wildman–Crippen MR) is 69.2 cm³/mol. The number of hydrogen-bond acceptors (Lipinski definition) is 3. The van der Waals surface area contributed by atoms with Crippen LogP contribution in [0.2, 0.25) is 0 Å². The lowest BCUT2D eigenvalue weighted by Crippen LogP contribution is -2.44. The SMILES string of the molecule is Cn1ccc(S(=O)(=O)N2CCCCCC2C(=O)O)c1. The number of aliphatic carboxylic acids is 1. The van der Waals surface area contributed by atoms with Crippen LogP contribution in [0.25, 0.3) is 0 Å². The number of aromatic nitrogens is 1. The molecule has 2 rings (SSSR count). The first-order chi connectivity index (χ1) is 8.93. The monoisotopic (exact) mass is 286 g/mol. The average molecular weight is 286 g/mol. The lowest BCUT2D eigenvalue weighted by atomic mass is 10.1. The molecular weight excluding hydrogens is 268 g/mol. The van der Waals surface area contributed by atoms with Gasteiger partial charge in [-0.3, -0.25) is 4.79 Å². The average Bonchev–Trinajstić information content (AvgIpc) is 2.64. The van der Waals surface area contributed by atoms with E-state index in [0.29, 0.717) is 12.8 Å². The summed E-state index contributed by atoms with van der Waals surface area (Å²) in [5.41, 5.74) is 0. The summed E-state index contributed by atoms with van der Waals surface area (Å²) in [7, 11) is -1.99. The predicted octanol–water partition coefficient (Wildman–Crippen LogP) is 1.04. The summed E-state index contributed by atoms with van der Waals surface area (Å²) >= 11 is 0. The third-order valence-electron chi connectivity index (χ3n) is 3.40. The van der Waals surface area contributed by atoms with Crippen molar-refractivity contribution >= 4 is 16.0 Å². The molecule has 0 aliphatic carbocycles. The summed E-state index contributed by atoms with van der Waals surface area (Å²) in [5, 5.41) is 9.24. The molecule has 1 aliphatic rings. The molecule has 7 heteroatoms. The van der Waals surface area contributed by atoms with Crippen molar-refractivity contribution in [1.29, 1.82) is 0 Å². The zero-order valence-corrected chi connectivity index (χ0v) is 11.6. The van der Waals surface area contributed by atoms with Crippen molar-refractivity contribution in [2.45, 2.75) is 36.6 Å². The van der Waals surface area contributed by atoms with Gasteiger partial charge in [0.15, 0.2) is 0 Å². The molecule has 1 aliphatic heterocycles. The molecule has 0 bridgehead atoms. The highest BCUT2D eigenvalue weighted by atomic mass is 32.2. The van der Waals surface area contributed by atoms with Crippen LogP contribution in [-0.4, -0.2) is 41.0 Å². The van der Waals surface area contributed by atoms with E-state index in [1.54, 1.807) is 17.8 Å². The van der Waals surface area contributed by atoms with Crippen molar-refractivity contribution in [3.8, 4) is 0 Å². The summed E-state index contributed by atoms with van der Waals surface area (Å²) < 4.78 is 27.8. The second kappa shape index (κ2) is 5.34. The van der Waals surface area contributed by atoms with Crippen LogP contribution in [0.3, 0.4) is 0 Å². The molecule has 19 heavy (non-hydrogen) atoms. The number of carboxylic acid groups (broad SMARTS) is 1. The quantitative estimate of drug-likeness (QED) is 0.900. The highest BCUT2D eigenvalue weighted by Crippen LogP contribution is 2.25. The van der Waals surface area contributed by atoms with Gasteiger partial charge in [0.2, 0.25) is 10.0 Å². The van der Waals surface area contributed by atoms with Crippen molar-refractivity contribution in [2.75, 3.05) is 6.54 Å².